The minimum absolute atomic E-state index is 0.114. The lowest BCUT2D eigenvalue weighted by molar-refractivity contribution is -0.154. The number of β-lactam (4-membered cyclic amide) rings is 1. The molecule has 1 unspecified atom stereocenters. The van der Waals surface area contributed by atoms with Crippen LogP contribution in [0.25, 0.3) is 9.40 Å². The largest absolute Gasteiger partial charge is 0.448 e. The van der Waals surface area contributed by atoms with Crippen LogP contribution in [0.5, 0.6) is 0 Å². The highest BCUT2D eigenvalue weighted by atomic mass is 79.9. The van der Waals surface area contributed by atoms with E-state index in [4.69, 9.17) is 4.74 Å². The molecule has 4 heterocycles. The Kier molecular flexibility index (Phi) is 9.38. The number of esters is 1. The van der Waals surface area contributed by atoms with Crippen LogP contribution in [0, 0.1) is 0 Å². The molecule has 47 heavy (non-hydrogen) atoms. The van der Waals surface area contributed by atoms with Crippen LogP contribution in [0.4, 0.5) is 0 Å². The van der Waals surface area contributed by atoms with E-state index in [2.05, 4.69) is 21.2 Å². The molecule has 7 rings (SSSR count). The highest BCUT2D eigenvalue weighted by Gasteiger charge is 2.55. The van der Waals surface area contributed by atoms with Crippen molar-refractivity contribution in [3.63, 3.8) is 0 Å². The van der Waals surface area contributed by atoms with Crippen molar-refractivity contribution in [3.05, 3.63) is 144 Å². The molecule has 1 fully saturated rings. The van der Waals surface area contributed by atoms with Gasteiger partial charge < -0.3 is 10.1 Å². The Morgan fingerprint density at radius 3 is 2.23 bits per heavy atom. The van der Waals surface area contributed by atoms with Crippen LogP contribution in [0.15, 0.2) is 127 Å². The first-order chi connectivity index (χ1) is 22.9. The summed E-state index contributed by atoms with van der Waals surface area (Å²) in [7, 11) is 0. The van der Waals surface area contributed by atoms with Gasteiger partial charge in [0.25, 0.3) is 5.91 Å². The number of nitrogens with zero attached hydrogens (tertiary/aromatic N) is 1. The van der Waals surface area contributed by atoms with Gasteiger partial charge in [-0.25, -0.2) is 4.79 Å². The molecule has 7 nitrogen and oxygen atoms in total. The summed E-state index contributed by atoms with van der Waals surface area (Å²) in [6.07, 6.45) is -0.582. The van der Waals surface area contributed by atoms with Crippen LogP contribution in [0.1, 0.15) is 22.8 Å². The van der Waals surface area contributed by atoms with E-state index >= 15 is 0 Å². The first-order valence-electron chi connectivity index (χ1n) is 14.6. The van der Waals surface area contributed by atoms with Crippen molar-refractivity contribution in [2.45, 2.75) is 28.1 Å². The number of carbonyl (C=O) groups excluding carboxylic acids is 3. The van der Waals surface area contributed by atoms with Crippen molar-refractivity contribution in [3.8, 4) is 0 Å². The Morgan fingerprint density at radius 2 is 1.57 bits per heavy atom. The van der Waals surface area contributed by atoms with E-state index < -0.39 is 23.5 Å². The Balaban J connectivity index is 1.23. The molecular formula is C35H25BrN2O5S4. The van der Waals surface area contributed by atoms with E-state index in [1.807, 2.05) is 102 Å². The quantitative estimate of drug-likeness (QED) is 0.124. The van der Waals surface area contributed by atoms with Gasteiger partial charge in [-0.05, 0) is 44.1 Å². The van der Waals surface area contributed by atoms with Gasteiger partial charge in [0, 0.05) is 10.7 Å². The summed E-state index contributed by atoms with van der Waals surface area (Å²) in [5.74, 6) is -0.928. The topological polar surface area (TPSA) is 92.8 Å². The molecule has 3 aromatic carbocycles. The van der Waals surface area contributed by atoms with Gasteiger partial charge in [0.1, 0.15) is 17.1 Å². The fourth-order valence-electron chi connectivity index (χ4n) is 5.47. The van der Waals surface area contributed by atoms with Crippen molar-refractivity contribution in [2.75, 3.05) is 5.75 Å². The molecule has 2 aliphatic heterocycles. The van der Waals surface area contributed by atoms with Gasteiger partial charge in [0.15, 0.2) is 6.10 Å². The van der Waals surface area contributed by atoms with Gasteiger partial charge >= 0.3 is 5.97 Å². The summed E-state index contributed by atoms with van der Waals surface area (Å²) >= 11 is 9.09. The Labute approximate surface area is 295 Å². The average molecular weight is 762 g/mol. The maximum Gasteiger partial charge on any atom is 0.356 e. The molecule has 2 atom stereocenters. The van der Waals surface area contributed by atoms with Crippen LogP contribution >= 0.6 is 62.1 Å². The third-order valence-corrected chi connectivity index (χ3v) is 13.9. The number of benzene rings is 3. The molecule has 2 aromatic heterocycles. The summed E-state index contributed by atoms with van der Waals surface area (Å²) < 4.78 is 8.89. The first kappa shape index (κ1) is 31.9. The summed E-state index contributed by atoms with van der Waals surface area (Å²) in [5.41, 5.74) is 2.43. The van der Waals surface area contributed by atoms with E-state index in [1.54, 1.807) is 0 Å². The third-order valence-electron chi connectivity index (χ3n) is 7.71. The number of rotatable bonds is 9. The molecule has 0 bridgehead atoms. The van der Waals surface area contributed by atoms with Gasteiger partial charge in [-0.15, -0.1) is 34.4 Å². The van der Waals surface area contributed by atoms with Crippen LogP contribution in [0.2, 0.25) is 0 Å². The lowest BCUT2D eigenvalue weighted by Gasteiger charge is -2.49. The Morgan fingerprint density at radius 1 is 0.936 bits per heavy atom. The molecule has 5 aromatic rings. The van der Waals surface area contributed by atoms with Gasteiger partial charge in [-0.3, -0.25) is 19.3 Å². The average Bonchev–Trinajstić information content (AvgIpc) is 3.58. The Bertz CT molecular complexity index is 2030. The summed E-state index contributed by atoms with van der Waals surface area (Å²) in [5, 5.41) is 4.28. The number of nitrogens with one attached hydrogen (secondary N) is 1. The minimum Gasteiger partial charge on any atom is -0.448 e. The zero-order chi connectivity index (χ0) is 32.5. The van der Waals surface area contributed by atoms with Gasteiger partial charge in [0.2, 0.25) is 11.3 Å². The number of carbonyl (C=O) groups is 3. The summed E-state index contributed by atoms with van der Waals surface area (Å²) in [4.78, 5) is 56.2. The molecular weight excluding hydrogens is 737 g/mol. The lowest BCUT2D eigenvalue weighted by atomic mass is 10.0. The first-order valence-corrected chi connectivity index (χ1v) is 18.9. The standard InChI is InChI=1S/C35H25BrN2O5S4/c36-26-29(40)31-23(16-17-44-31)46-35(26)47-24-19-45-33-27(37-25(39)18-20-10-4-1-5-11-20)32(41)38(33)28(24)34(42)43-30(21-12-6-2-7-13-21)22-14-8-3-9-15-22/h1-17,27,30,33H,18-19H2,(H,37,39)/t27?,33-/m0/s1. The molecule has 2 amide bonds. The molecule has 1 N–H and O–H groups in total. The minimum atomic E-state index is -0.783. The number of hydrogen-bond donors (Lipinski definition) is 1. The summed E-state index contributed by atoms with van der Waals surface area (Å²) in [6, 6.07) is 29.4. The fraction of sp³-hybridized carbons (Fsp3) is 0.143. The van der Waals surface area contributed by atoms with Gasteiger partial charge in [0.05, 0.1) is 24.5 Å². The van der Waals surface area contributed by atoms with Crippen LogP contribution in [-0.2, 0) is 25.5 Å². The third kappa shape index (κ3) is 6.44. The number of ether oxygens (including phenoxy) is 1. The predicted molar refractivity (Wildman–Crippen MR) is 193 cm³/mol. The summed E-state index contributed by atoms with van der Waals surface area (Å²) in [6.45, 7) is 0. The van der Waals surface area contributed by atoms with E-state index in [9.17, 15) is 19.2 Å². The zero-order valence-corrected chi connectivity index (χ0v) is 29.3. The van der Waals surface area contributed by atoms with E-state index in [1.165, 1.54) is 51.1 Å². The smallest absolute Gasteiger partial charge is 0.356 e. The maximum atomic E-state index is 14.3. The molecule has 2 aliphatic rings. The maximum absolute atomic E-state index is 14.3. The molecule has 236 valence electrons. The van der Waals surface area contributed by atoms with Crippen molar-refractivity contribution < 1.29 is 19.1 Å². The molecule has 0 saturated carbocycles. The number of thiophene rings is 1. The highest BCUT2D eigenvalue weighted by molar-refractivity contribution is 9.10. The number of fused-ring (bicyclic) bond motifs is 2. The predicted octanol–water partition coefficient (Wildman–Crippen LogP) is 7.36. The molecule has 12 heteroatoms. The molecule has 1 saturated heterocycles. The van der Waals surface area contributed by atoms with E-state index in [0.717, 1.165) is 21.4 Å². The van der Waals surface area contributed by atoms with Crippen molar-refractivity contribution in [1.82, 2.24) is 10.2 Å². The van der Waals surface area contributed by atoms with Crippen molar-refractivity contribution >= 4 is 89.3 Å². The number of hydrogen-bond acceptors (Lipinski definition) is 9. The second-order valence-electron chi connectivity index (χ2n) is 10.7. The zero-order valence-electron chi connectivity index (χ0n) is 24.5. The SMILES string of the molecule is O=C(Cc1ccccc1)NC1C(=O)N2C(C(=O)OC(c3ccccc3)c3ccccc3)=C(Sc3sc4ccsc4c(=O)c3Br)CS[C@@H]12. The second kappa shape index (κ2) is 13.8. The van der Waals surface area contributed by atoms with Crippen LogP contribution in [0.3, 0.4) is 0 Å². The number of thioether (sulfide) groups is 2. The number of amides is 2. The highest BCUT2D eigenvalue weighted by Crippen LogP contribution is 2.48. The molecule has 0 radical (unpaired) electrons. The fourth-order valence-corrected chi connectivity index (χ4v) is 11.1. The van der Waals surface area contributed by atoms with Crippen LogP contribution in [-0.4, -0.2) is 39.9 Å². The monoisotopic (exact) mass is 760 g/mol. The van der Waals surface area contributed by atoms with Gasteiger partial charge in [-0.2, -0.15) is 0 Å². The number of halogens is 1. The van der Waals surface area contributed by atoms with Crippen LogP contribution < -0.4 is 10.7 Å². The normalized spacial score (nSPS) is 17.4. The van der Waals surface area contributed by atoms with Crippen molar-refractivity contribution in [2.24, 2.45) is 0 Å². The lowest BCUT2D eigenvalue weighted by Crippen LogP contribution is -2.70. The van der Waals surface area contributed by atoms with Crippen molar-refractivity contribution in [1.29, 1.82) is 0 Å². The van der Waals surface area contributed by atoms with Gasteiger partial charge in [-0.1, -0.05) is 103 Å². The van der Waals surface area contributed by atoms with E-state index in [-0.39, 0.29) is 29.4 Å². The second-order valence-corrected chi connectivity index (χ2v) is 16.0. The molecule has 0 spiro atoms. The molecule has 0 aliphatic carbocycles. The Hall–Kier alpha value is -3.68. The van der Waals surface area contributed by atoms with E-state index in [0.29, 0.717) is 24.0 Å².